The van der Waals surface area contributed by atoms with Crippen LogP contribution in [0.3, 0.4) is 0 Å². The number of aliphatic hydroxyl groups is 1. The Morgan fingerprint density at radius 3 is 2.03 bits per heavy atom. The molecule has 2 N–H and O–H groups in total. The second-order valence-corrected chi connectivity index (χ2v) is 8.97. The Hall–Kier alpha value is -2.38. The predicted molar refractivity (Wildman–Crippen MR) is 132 cm³/mol. The van der Waals surface area contributed by atoms with Crippen molar-refractivity contribution in [3.05, 3.63) is 71.3 Å². The molecule has 4 nitrogen and oxygen atoms in total. The average molecular weight is 494 g/mol. The van der Waals surface area contributed by atoms with Crippen LogP contribution in [0.2, 0.25) is 0 Å². The van der Waals surface area contributed by atoms with Crippen molar-refractivity contribution in [1.29, 1.82) is 0 Å². The van der Waals surface area contributed by atoms with Gasteiger partial charge in [-0.15, -0.1) is 0 Å². The van der Waals surface area contributed by atoms with E-state index in [1.807, 2.05) is 12.1 Å². The van der Waals surface area contributed by atoms with E-state index in [1.54, 1.807) is 6.07 Å². The van der Waals surface area contributed by atoms with E-state index in [4.69, 9.17) is 4.74 Å². The van der Waals surface area contributed by atoms with E-state index in [9.17, 15) is 23.1 Å². The molecule has 0 aliphatic carbocycles. The Balaban J connectivity index is 1.95. The number of unbranched alkanes of at least 4 members (excludes halogenated alkanes) is 5. The summed E-state index contributed by atoms with van der Waals surface area (Å²) >= 11 is 0. The summed E-state index contributed by atoms with van der Waals surface area (Å²) in [6.45, 7) is 1.73. The highest BCUT2D eigenvalue weighted by Gasteiger charge is 2.62. The van der Waals surface area contributed by atoms with Crippen molar-refractivity contribution in [2.45, 2.75) is 82.5 Å². The molecule has 0 radical (unpaired) electrons. The van der Waals surface area contributed by atoms with Crippen LogP contribution >= 0.6 is 0 Å². The monoisotopic (exact) mass is 493 g/mol. The normalized spacial score (nSPS) is 14.3. The third kappa shape index (κ3) is 8.07. The third-order valence-corrected chi connectivity index (χ3v) is 6.38. The maximum atomic E-state index is 14.1. The van der Waals surface area contributed by atoms with Crippen molar-refractivity contribution in [2.75, 3.05) is 13.7 Å². The van der Waals surface area contributed by atoms with Gasteiger partial charge in [0.15, 0.2) is 0 Å². The fraction of sp³-hybridized carbons (Fsp3) is 0.536. The van der Waals surface area contributed by atoms with Crippen molar-refractivity contribution >= 4 is 5.91 Å². The van der Waals surface area contributed by atoms with Gasteiger partial charge in [-0.05, 0) is 36.8 Å². The van der Waals surface area contributed by atoms with Gasteiger partial charge in [0, 0.05) is 12.7 Å². The second-order valence-electron chi connectivity index (χ2n) is 8.97. The van der Waals surface area contributed by atoms with E-state index in [2.05, 4.69) is 24.4 Å². The Kier molecular flexibility index (Phi) is 11.7. The molecule has 0 heterocycles. The first-order chi connectivity index (χ1) is 16.8. The second kappa shape index (κ2) is 14.2. The van der Waals surface area contributed by atoms with Gasteiger partial charge in [-0.2, -0.15) is 13.2 Å². The number of ether oxygens (including phenoxy) is 1. The first kappa shape index (κ1) is 28.9. The lowest BCUT2D eigenvalue weighted by molar-refractivity contribution is -0.266. The molecule has 0 spiro atoms. The fourth-order valence-corrected chi connectivity index (χ4v) is 4.24. The molecule has 194 valence electrons. The van der Waals surface area contributed by atoms with Crippen LogP contribution in [-0.2, 0) is 28.0 Å². The number of alkyl halides is 3. The lowest BCUT2D eigenvalue weighted by atomic mass is 9.91. The molecule has 1 amide bonds. The molecule has 0 aliphatic rings. The summed E-state index contributed by atoms with van der Waals surface area (Å²) in [7, 11) is 0.862. The van der Waals surface area contributed by atoms with Gasteiger partial charge < -0.3 is 15.2 Å². The standard InChI is InChI=1S/C28H38F3NO3/c1-3-4-5-6-7-9-12-22-15-17-23(18-16-22)19-20-25(21-33)32-26(34)27(35-2,28(29,30)31)24-13-10-8-11-14-24/h8,10-11,13-18,25,33H,3-7,9,12,19-21H2,1-2H3,(H,32,34)/t25?,27-/m1/s1. The van der Waals surface area contributed by atoms with Crippen LogP contribution in [0, 0.1) is 0 Å². The quantitative estimate of drug-likeness (QED) is 0.295. The number of nitrogens with one attached hydrogen (secondary N) is 1. The van der Waals surface area contributed by atoms with E-state index < -0.39 is 30.3 Å². The Morgan fingerprint density at radius 1 is 0.914 bits per heavy atom. The molecule has 1 unspecified atom stereocenters. The molecule has 0 fully saturated rings. The van der Waals surface area contributed by atoms with Crippen LogP contribution in [0.1, 0.15) is 68.6 Å². The largest absolute Gasteiger partial charge is 0.430 e. The van der Waals surface area contributed by atoms with Crippen LogP contribution in [0.4, 0.5) is 13.2 Å². The summed E-state index contributed by atoms with van der Waals surface area (Å²) in [6.07, 6.45) is 4.32. The van der Waals surface area contributed by atoms with E-state index in [-0.39, 0.29) is 5.56 Å². The van der Waals surface area contributed by atoms with Gasteiger partial charge in [0.25, 0.3) is 11.5 Å². The molecular weight excluding hydrogens is 455 g/mol. The molecule has 2 rings (SSSR count). The molecule has 35 heavy (non-hydrogen) atoms. The topological polar surface area (TPSA) is 58.6 Å². The predicted octanol–water partition coefficient (Wildman–Crippen LogP) is 6.10. The number of carbonyl (C=O) groups excluding carboxylic acids is 1. The SMILES string of the molecule is CCCCCCCCc1ccc(CCC(CO)NC(=O)[C@](OC)(c2ccccc2)C(F)(F)F)cc1. The number of aryl methyl sites for hydroxylation is 2. The average Bonchev–Trinajstić information content (AvgIpc) is 2.85. The van der Waals surface area contributed by atoms with E-state index in [1.165, 1.54) is 61.9 Å². The van der Waals surface area contributed by atoms with Crippen molar-refractivity contribution in [2.24, 2.45) is 0 Å². The zero-order valence-corrected chi connectivity index (χ0v) is 20.7. The van der Waals surface area contributed by atoms with Crippen molar-refractivity contribution in [3.8, 4) is 0 Å². The van der Waals surface area contributed by atoms with Crippen LogP contribution < -0.4 is 5.32 Å². The lowest BCUT2D eigenvalue weighted by Gasteiger charge is -2.34. The van der Waals surface area contributed by atoms with Gasteiger partial charge in [-0.1, -0.05) is 93.6 Å². The van der Waals surface area contributed by atoms with Crippen LogP contribution in [0.15, 0.2) is 54.6 Å². The number of aliphatic hydroxyl groups excluding tert-OH is 1. The molecule has 0 saturated carbocycles. The van der Waals surface area contributed by atoms with Gasteiger partial charge in [0.1, 0.15) is 0 Å². The number of amides is 1. The minimum absolute atomic E-state index is 0.297. The fourth-order valence-electron chi connectivity index (χ4n) is 4.24. The molecule has 2 aromatic carbocycles. The molecule has 0 saturated heterocycles. The number of rotatable bonds is 15. The van der Waals surface area contributed by atoms with Gasteiger partial charge in [0.05, 0.1) is 12.6 Å². The first-order valence-electron chi connectivity index (χ1n) is 12.5. The summed E-state index contributed by atoms with van der Waals surface area (Å²) in [5, 5.41) is 12.1. The summed E-state index contributed by atoms with van der Waals surface area (Å²) in [6, 6.07) is 14.1. The van der Waals surface area contributed by atoms with Gasteiger partial charge in [-0.3, -0.25) is 4.79 Å². The molecule has 0 aliphatic heterocycles. The molecule has 7 heteroatoms. The minimum atomic E-state index is -4.99. The Morgan fingerprint density at radius 2 is 1.49 bits per heavy atom. The highest BCUT2D eigenvalue weighted by atomic mass is 19.4. The number of hydrogen-bond acceptors (Lipinski definition) is 3. The zero-order chi connectivity index (χ0) is 25.7. The summed E-state index contributed by atoms with van der Waals surface area (Å²) < 4.78 is 47.0. The molecular formula is C28H38F3NO3. The van der Waals surface area contributed by atoms with Crippen LogP contribution in [0.5, 0.6) is 0 Å². The highest BCUT2D eigenvalue weighted by Crippen LogP contribution is 2.42. The zero-order valence-electron chi connectivity index (χ0n) is 20.7. The van der Waals surface area contributed by atoms with E-state index in [0.29, 0.717) is 12.8 Å². The summed E-state index contributed by atoms with van der Waals surface area (Å²) in [5.41, 5.74) is -1.21. The van der Waals surface area contributed by atoms with Crippen molar-refractivity contribution in [1.82, 2.24) is 5.32 Å². The van der Waals surface area contributed by atoms with Gasteiger partial charge in [0.2, 0.25) is 0 Å². The molecule has 2 atom stereocenters. The molecule has 2 aromatic rings. The van der Waals surface area contributed by atoms with Gasteiger partial charge in [-0.25, -0.2) is 0 Å². The first-order valence-corrected chi connectivity index (χ1v) is 12.5. The summed E-state index contributed by atoms with van der Waals surface area (Å²) in [4.78, 5) is 12.9. The van der Waals surface area contributed by atoms with E-state index >= 15 is 0 Å². The number of benzene rings is 2. The van der Waals surface area contributed by atoms with Crippen LogP contribution in [-0.4, -0.2) is 36.9 Å². The Labute approximate surface area is 206 Å². The number of methoxy groups -OCH3 is 1. The van der Waals surface area contributed by atoms with E-state index in [0.717, 1.165) is 25.5 Å². The minimum Gasteiger partial charge on any atom is -0.394 e. The van der Waals surface area contributed by atoms with Crippen molar-refractivity contribution in [3.63, 3.8) is 0 Å². The highest BCUT2D eigenvalue weighted by molar-refractivity contribution is 5.88. The Bertz CT molecular complexity index is 871. The maximum absolute atomic E-state index is 14.1. The van der Waals surface area contributed by atoms with Gasteiger partial charge >= 0.3 is 6.18 Å². The number of carbonyl (C=O) groups is 1. The number of halogens is 3. The summed E-state index contributed by atoms with van der Waals surface area (Å²) in [5.74, 6) is -1.34. The van der Waals surface area contributed by atoms with Crippen molar-refractivity contribution < 1.29 is 27.8 Å². The molecule has 0 bridgehead atoms. The lowest BCUT2D eigenvalue weighted by Crippen LogP contribution is -2.58. The van der Waals surface area contributed by atoms with Crippen LogP contribution in [0.25, 0.3) is 0 Å². The number of hydrogen-bond donors (Lipinski definition) is 2. The third-order valence-electron chi connectivity index (χ3n) is 6.38. The maximum Gasteiger partial charge on any atom is 0.430 e. The molecule has 0 aromatic heterocycles. The smallest absolute Gasteiger partial charge is 0.394 e.